The SMILES string of the molecule is CCCN(CC(=O)N1CC(=O)Nc2ccccc21)Cc1nnc(-c2cccs2)o1. The molecule has 0 saturated carbocycles. The molecule has 1 aliphatic heterocycles. The van der Waals surface area contributed by atoms with Gasteiger partial charge in [-0.05, 0) is 36.5 Å². The van der Waals surface area contributed by atoms with Gasteiger partial charge in [-0.25, -0.2) is 0 Å². The van der Waals surface area contributed by atoms with Crippen LogP contribution in [0.1, 0.15) is 19.2 Å². The van der Waals surface area contributed by atoms with E-state index in [1.54, 1.807) is 6.07 Å². The second-order valence-electron chi connectivity index (χ2n) is 6.73. The normalized spacial score (nSPS) is 13.4. The van der Waals surface area contributed by atoms with Gasteiger partial charge < -0.3 is 9.73 Å². The number of nitrogens with one attached hydrogen (secondary N) is 1. The average molecular weight is 411 g/mol. The highest BCUT2D eigenvalue weighted by Gasteiger charge is 2.28. The number of fused-ring (bicyclic) bond motifs is 1. The van der Waals surface area contributed by atoms with Crippen LogP contribution >= 0.6 is 11.3 Å². The first-order valence-corrected chi connectivity index (χ1v) is 10.3. The van der Waals surface area contributed by atoms with Crippen molar-refractivity contribution in [1.82, 2.24) is 15.1 Å². The fourth-order valence-corrected chi connectivity index (χ4v) is 3.92. The maximum atomic E-state index is 13.0. The third-order valence-electron chi connectivity index (χ3n) is 4.53. The standard InChI is InChI=1S/C20H21N5O3S/c1-2-9-24(12-18-22-23-20(28-18)16-8-5-10-29-16)13-19(27)25-11-17(26)21-14-6-3-4-7-15(14)25/h3-8,10H,2,9,11-13H2,1H3,(H,21,26). The van der Waals surface area contributed by atoms with Gasteiger partial charge in [0.05, 0.1) is 29.3 Å². The molecule has 4 rings (SSSR count). The van der Waals surface area contributed by atoms with E-state index in [0.29, 0.717) is 36.2 Å². The topological polar surface area (TPSA) is 91.6 Å². The van der Waals surface area contributed by atoms with Crippen LogP contribution in [0.2, 0.25) is 0 Å². The van der Waals surface area contributed by atoms with Gasteiger partial charge in [-0.1, -0.05) is 25.1 Å². The van der Waals surface area contributed by atoms with Crippen molar-refractivity contribution in [1.29, 1.82) is 0 Å². The molecule has 8 nitrogen and oxygen atoms in total. The van der Waals surface area contributed by atoms with E-state index in [0.717, 1.165) is 11.3 Å². The minimum atomic E-state index is -0.198. The van der Waals surface area contributed by atoms with Crippen molar-refractivity contribution in [3.05, 3.63) is 47.7 Å². The van der Waals surface area contributed by atoms with E-state index in [1.165, 1.54) is 16.2 Å². The fourth-order valence-electron chi connectivity index (χ4n) is 3.27. The number of anilines is 2. The molecule has 29 heavy (non-hydrogen) atoms. The second kappa shape index (κ2) is 8.54. The summed E-state index contributed by atoms with van der Waals surface area (Å²) in [6.45, 7) is 3.29. The summed E-state index contributed by atoms with van der Waals surface area (Å²) in [7, 11) is 0. The number of hydrogen-bond acceptors (Lipinski definition) is 7. The van der Waals surface area contributed by atoms with Crippen LogP contribution in [-0.2, 0) is 16.1 Å². The Bertz CT molecular complexity index is 1000. The van der Waals surface area contributed by atoms with Gasteiger partial charge in [0, 0.05) is 0 Å². The fraction of sp³-hybridized carbons (Fsp3) is 0.300. The third-order valence-corrected chi connectivity index (χ3v) is 5.39. The molecule has 0 atom stereocenters. The number of amides is 2. The zero-order chi connectivity index (χ0) is 20.2. The van der Waals surface area contributed by atoms with Crippen LogP contribution < -0.4 is 10.2 Å². The minimum Gasteiger partial charge on any atom is -0.419 e. The van der Waals surface area contributed by atoms with Crippen LogP contribution in [-0.4, -0.2) is 46.5 Å². The van der Waals surface area contributed by atoms with Crippen LogP contribution in [0.3, 0.4) is 0 Å². The summed E-state index contributed by atoms with van der Waals surface area (Å²) < 4.78 is 5.76. The van der Waals surface area contributed by atoms with Gasteiger partial charge >= 0.3 is 0 Å². The summed E-state index contributed by atoms with van der Waals surface area (Å²) in [6, 6.07) is 11.2. The largest absolute Gasteiger partial charge is 0.419 e. The lowest BCUT2D eigenvalue weighted by Gasteiger charge is -2.31. The predicted molar refractivity (Wildman–Crippen MR) is 111 cm³/mol. The Balaban J connectivity index is 1.47. The summed E-state index contributed by atoms with van der Waals surface area (Å²) in [6.07, 6.45) is 0.871. The Morgan fingerprint density at radius 2 is 2.14 bits per heavy atom. The Morgan fingerprint density at radius 3 is 2.93 bits per heavy atom. The maximum absolute atomic E-state index is 13.0. The van der Waals surface area contributed by atoms with Crippen molar-refractivity contribution in [2.75, 3.05) is 29.9 Å². The Morgan fingerprint density at radius 1 is 1.28 bits per heavy atom. The summed E-state index contributed by atoms with van der Waals surface area (Å²) in [5, 5.41) is 13.0. The Kier molecular flexibility index (Phi) is 5.68. The summed E-state index contributed by atoms with van der Waals surface area (Å²) in [5.74, 6) is 0.612. The zero-order valence-corrected chi connectivity index (χ0v) is 16.8. The molecule has 150 valence electrons. The smallest absolute Gasteiger partial charge is 0.257 e. The molecule has 1 N–H and O–H groups in total. The third kappa shape index (κ3) is 4.36. The molecule has 0 saturated heterocycles. The molecule has 2 aromatic heterocycles. The second-order valence-corrected chi connectivity index (χ2v) is 7.68. The van der Waals surface area contributed by atoms with Crippen LogP contribution in [0, 0.1) is 0 Å². The van der Waals surface area contributed by atoms with E-state index in [1.807, 2.05) is 47.5 Å². The van der Waals surface area contributed by atoms with Crippen LogP contribution in [0.4, 0.5) is 11.4 Å². The van der Waals surface area contributed by atoms with Gasteiger partial charge in [0.15, 0.2) is 0 Å². The lowest BCUT2D eigenvalue weighted by Crippen LogP contribution is -2.46. The number of benzene rings is 1. The first-order valence-electron chi connectivity index (χ1n) is 9.42. The molecule has 0 aliphatic carbocycles. The van der Waals surface area contributed by atoms with Crippen LogP contribution in [0.25, 0.3) is 10.8 Å². The number of nitrogens with zero attached hydrogens (tertiary/aromatic N) is 4. The number of rotatable bonds is 7. The van der Waals surface area contributed by atoms with Crippen molar-refractivity contribution in [2.24, 2.45) is 0 Å². The van der Waals surface area contributed by atoms with E-state index in [-0.39, 0.29) is 24.9 Å². The number of carbonyl (C=O) groups is 2. The zero-order valence-electron chi connectivity index (χ0n) is 16.0. The Hall–Kier alpha value is -3.04. The number of thiophene rings is 1. The van der Waals surface area contributed by atoms with Gasteiger partial charge in [0.1, 0.15) is 6.54 Å². The Labute approximate surface area is 172 Å². The van der Waals surface area contributed by atoms with Gasteiger partial charge in [-0.15, -0.1) is 21.5 Å². The first-order chi connectivity index (χ1) is 14.1. The lowest BCUT2D eigenvalue weighted by atomic mass is 10.2. The summed E-state index contributed by atoms with van der Waals surface area (Å²) >= 11 is 1.53. The maximum Gasteiger partial charge on any atom is 0.257 e. The number of hydrogen-bond donors (Lipinski definition) is 1. The van der Waals surface area contributed by atoms with Crippen molar-refractivity contribution in [2.45, 2.75) is 19.9 Å². The van der Waals surface area contributed by atoms with E-state index >= 15 is 0 Å². The first kappa shape index (κ1) is 19.3. The minimum absolute atomic E-state index is 0.0128. The van der Waals surface area contributed by atoms with Crippen LogP contribution in [0.15, 0.2) is 46.2 Å². The lowest BCUT2D eigenvalue weighted by molar-refractivity contribution is -0.122. The molecule has 1 aromatic carbocycles. The van der Waals surface area contributed by atoms with Crippen molar-refractivity contribution in [3.63, 3.8) is 0 Å². The molecule has 9 heteroatoms. The average Bonchev–Trinajstić information content (AvgIpc) is 3.39. The van der Waals surface area contributed by atoms with Crippen LogP contribution in [0.5, 0.6) is 0 Å². The molecular weight excluding hydrogens is 390 g/mol. The van der Waals surface area contributed by atoms with E-state index in [4.69, 9.17) is 4.42 Å². The molecular formula is C20H21N5O3S. The molecule has 3 heterocycles. The molecule has 0 radical (unpaired) electrons. The molecule has 0 unspecified atom stereocenters. The van der Waals surface area contributed by atoms with E-state index < -0.39 is 0 Å². The highest BCUT2D eigenvalue weighted by Crippen LogP contribution is 2.29. The van der Waals surface area contributed by atoms with Crippen molar-refractivity contribution >= 4 is 34.5 Å². The van der Waals surface area contributed by atoms with Crippen molar-refractivity contribution in [3.8, 4) is 10.8 Å². The van der Waals surface area contributed by atoms with E-state index in [2.05, 4.69) is 15.5 Å². The van der Waals surface area contributed by atoms with Gasteiger partial charge in [0.2, 0.25) is 17.7 Å². The van der Waals surface area contributed by atoms with E-state index in [9.17, 15) is 9.59 Å². The number of para-hydroxylation sites is 2. The molecule has 0 bridgehead atoms. The molecule has 1 aliphatic rings. The molecule has 3 aromatic rings. The van der Waals surface area contributed by atoms with Gasteiger partial charge in [0.25, 0.3) is 5.89 Å². The summed E-state index contributed by atoms with van der Waals surface area (Å²) in [4.78, 5) is 29.4. The highest BCUT2D eigenvalue weighted by molar-refractivity contribution is 7.13. The summed E-state index contributed by atoms with van der Waals surface area (Å²) in [5.41, 5.74) is 1.36. The molecule has 2 amide bonds. The molecule has 0 fully saturated rings. The van der Waals surface area contributed by atoms with Gasteiger partial charge in [-0.3, -0.25) is 19.4 Å². The quantitative estimate of drug-likeness (QED) is 0.643. The van der Waals surface area contributed by atoms with Gasteiger partial charge in [-0.2, -0.15) is 0 Å². The van der Waals surface area contributed by atoms with Crippen molar-refractivity contribution < 1.29 is 14.0 Å². The molecule has 0 spiro atoms. The highest BCUT2D eigenvalue weighted by atomic mass is 32.1. The number of carbonyl (C=O) groups excluding carboxylic acids is 2. The number of aromatic nitrogens is 2. The predicted octanol–water partition coefficient (Wildman–Crippen LogP) is 3.00. The monoisotopic (exact) mass is 411 g/mol.